The number of rotatable bonds is 6. The fourth-order valence-corrected chi connectivity index (χ4v) is 4.37. The predicted molar refractivity (Wildman–Crippen MR) is 116 cm³/mol. The number of piperazine rings is 1. The monoisotopic (exact) mass is 426 g/mol. The molecule has 7 nitrogen and oxygen atoms in total. The molecule has 0 amide bonds. The quantitative estimate of drug-likeness (QED) is 0.581. The number of para-hydroxylation sites is 1. The molecule has 2 aliphatic rings. The van der Waals surface area contributed by atoms with E-state index in [1.807, 2.05) is 12.1 Å². The molecule has 0 unspecified atom stereocenters. The highest BCUT2D eigenvalue weighted by Gasteiger charge is 2.33. The highest BCUT2D eigenvalue weighted by Crippen LogP contribution is 2.40. The number of aromatic hydroxyl groups is 1. The molecule has 1 fully saturated rings. The van der Waals surface area contributed by atoms with Gasteiger partial charge in [-0.05, 0) is 31.2 Å². The van der Waals surface area contributed by atoms with Gasteiger partial charge in [0.05, 0.1) is 31.9 Å². The van der Waals surface area contributed by atoms with Crippen LogP contribution in [0.25, 0.3) is 6.08 Å². The van der Waals surface area contributed by atoms with Crippen LogP contribution in [0.4, 0.5) is 0 Å². The second kappa shape index (κ2) is 8.99. The first kappa shape index (κ1) is 21.2. The van der Waals surface area contributed by atoms with Crippen LogP contribution in [0.5, 0.6) is 23.0 Å². The van der Waals surface area contributed by atoms with E-state index in [0.717, 1.165) is 32.7 Å². The van der Waals surface area contributed by atoms with Gasteiger partial charge in [-0.15, -0.1) is 0 Å². The zero-order chi connectivity index (χ0) is 22.0. The van der Waals surface area contributed by atoms with Gasteiger partial charge in [0, 0.05) is 5.56 Å². The number of hydrogen-bond donors (Lipinski definition) is 3. The zero-order valence-electron chi connectivity index (χ0n) is 18.3. The molecular formula is C24H30N2O5+2. The van der Waals surface area contributed by atoms with Crippen LogP contribution in [0.3, 0.4) is 0 Å². The lowest BCUT2D eigenvalue weighted by Gasteiger charge is -2.29. The maximum atomic E-state index is 13.0. The standard InChI is InChI=1S/C24H28N2O5/c1-4-25-10-12-26(13-11-25)15-18-19(27)9-8-17-22(28)21(31-24(17)18)14-16-6-5-7-20(29-2)23(16)30-3/h5-9,14,27H,4,10-13,15H2,1-3H3/p+2. The van der Waals surface area contributed by atoms with Crippen LogP contribution in [0.2, 0.25) is 0 Å². The minimum absolute atomic E-state index is 0.171. The van der Waals surface area contributed by atoms with Crippen LogP contribution in [0, 0.1) is 0 Å². The van der Waals surface area contributed by atoms with E-state index in [-0.39, 0.29) is 17.3 Å². The lowest BCUT2D eigenvalue weighted by Crippen LogP contribution is -3.27. The summed E-state index contributed by atoms with van der Waals surface area (Å²) in [6.07, 6.45) is 1.67. The predicted octanol–water partition coefficient (Wildman–Crippen LogP) is 0.329. The van der Waals surface area contributed by atoms with Gasteiger partial charge in [-0.2, -0.15) is 0 Å². The van der Waals surface area contributed by atoms with Crippen molar-refractivity contribution in [1.82, 2.24) is 0 Å². The summed E-state index contributed by atoms with van der Waals surface area (Å²) in [6.45, 7) is 8.27. The number of likely N-dealkylation sites (N-methyl/N-ethyl adjacent to an activating group) is 1. The van der Waals surface area contributed by atoms with E-state index in [4.69, 9.17) is 14.2 Å². The van der Waals surface area contributed by atoms with Gasteiger partial charge in [0.15, 0.2) is 23.0 Å². The molecular weight excluding hydrogens is 396 g/mol. The van der Waals surface area contributed by atoms with Gasteiger partial charge in [-0.1, -0.05) is 12.1 Å². The van der Waals surface area contributed by atoms with Crippen molar-refractivity contribution in [3.63, 3.8) is 0 Å². The molecule has 2 heterocycles. The third-order valence-corrected chi connectivity index (χ3v) is 6.23. The number of nitrogens with one attached hydrogen (secondary N) is 2. The molecule has 4 rings (SSSR count). The number of carbonyl (C=O) groups excluding carboxylic acids is 1. The van der Waals surface area contributed by atoms with Crippen molar-refractivity contribution in [1.29, 1.82) is 0 Å². The number of phenols is 1. The highest BCUT2D eigenvalue weighted by molar-refractivity contribution is 6.15. The Morgan fingerprint density at radius 1 is 1.06 bits per heavy atom. The van der Waals surface area contributed by atoms with Crippen molar-refractivity contribution < 1.29 is 33.9 Å². The maximum Gasteiger partial charge on any atom is 0.231 e. The molecule has 31 heavy (non-hydrogen) atoms. The van der Waals surface area contributed by atoms with Crippen molar-refractivity contribution in [3.05, 3.63) is 52.8 Å². The van der Waals surface area contributed by atoms with E-state index in [1.165, 1.54) is 4.90 Å². The van der Waals surface area contributed by atoms with Gasteiger partial charge in [0.25, 0.3) is 0 Å². The number of hydrogen-bond acceptors (Lipinski definition) is 5. The molecule has 0 atom stereocenters. The Morgan fingerprint density at radius 2 is 1.81 bits per heavy atom. The summed E-state index contributed by atoms with van der Waals surface area (Å²) in [5.74, 6) is 1.77. The fraction of sp³-hybridized carbons (Fsp3) is 0.375. The molecule has 0 aliphatic carbocycles. The first-order valence-corrected chi connectivity index (χ1v) is 10.7. The van der Waals surface area contributed by atoms with Crippen molar-refractivity contribution >= 4 is 11.9 Å². The summed E-state index contributed by atoms with van der Waals surface area (Å²) in [6, 6.07) is 8.70. The molecule has 2 aliphatic heterocycles. The largest absolute Gasteiger partial charge is 0.507 e. The average molecular weight is 427 g/mol. The first-order valence-electron chi connectivity index (χ1n) is 10.7. The van der Waals surface area contributed by atoms with E-state index in [2.05, 4.69) is 6.92 Å². The van der Waals surface area contributed by atoms with Gasteiger partial charge < -0.3 is 29.1 Å². The molecule has 0 spiro atoms. The average Bonchev–Trinajstić information content (AvgIpc) is 3.11. The Labute approximate surface area is 182 Å². The lowest BCUT2D eigenvalue weighted by atomic mass is 10.0. The Morgan fingerprint density at radius 3 is 2.48 bits per heavy atom. The molecule has 0 saturated carbocycles. The SMILES string of the molecule is CC[NH+]1CC[NH+](Cc2c(O)ccc3c2OC(=Cc2cccc(OC)c2OC)C3=O)CC1. The number of fused-ring (bicyclic) bond motifs is 1. The molecule has 2 aromatic rings. The molecule has 2 aromatic carbocycles. The van der Waals surface area contributed by atoms with Crippen LogP contribution >= 0.6 is 0 Å². The normalized spacial score (nSPS) is 21.6. The van der Waals surface area contributed by atoms with Crippen molar-refractivity contribution in [2.45, 2.75) is 13.5 Å². The smallest absolute Gasteiger partial charge is 0.231 e. The number of benzene rings is 2. The Kier molecular flexibility index (Phi) is 6.15. The summed E-state index contributed by atoms with van der Waals surface area (Å²) in [7, 11) is 3.13. The number of ether oxygens (including phenoxy) is 3. The second-order valence-corrected chi connectivity index (χ2v) is 7.99. The summed E-state index contributed by atoms with van der Waals surface area (Å²) < 4.78 is 16.8. The number of Topliss-reactive ketones (excluding diaryl/α,β-unsaturated/α-hetero) is 1. The van der Waals surface area contributed by atoms with Crippen molar-refractivity contribution in [2.24, 2.45) is 0 Å². The highest BCUT2D eigenvalue weighted by atomic mass is 16.5. The van der Waals surface area contributed by atoms with Crippen LogP contribution in [0.1, 0.15) is 28.4 Å². The summed E-state index contributed by atoms with van der Waals surface area (Å²) in [5.41, 5.74) is 1.87. The van der Waals surface area contributed by atoms with Crippen LogP contribution < -0.4 is 24.0 Å². The summed E-state index contributed by atoms with van der Waals surface area (Å²) in [5, 5.41) is 10.6. The van der Waals surface area contributed by atoms with Crippen molar-refractivity contribution in [2.75, 3.05) is 46.9 Å². The van der Waals surface area contributed by atoms with E-state index in [9.17, 15) is 9.90 Å². The Balaban J connectivity index is 1.62. The van der Waals surface area contributed by atoms with E-state index in [1.54, 1.807) is 43.4 Å². The van der Waals surface area contributed by atoms with E-state index >= 15 is 0 Å². The van der Waals surface area contributed by atoms with Gasteiger partial charge >= 0.3 is 0 Å². The second-order valence-electron chi connectivity index (χ2n) is 7.99. The summed E-state index contributed by atoms with van der Waals surface area (Å²) in [4.78, 5) is 16.0. The lowest BCUT2D eigenvalue weighted by molar-refractivity contribution is -1.02. The molecule has 0 radical (unpaired) electrons. The van der Waals surface area contributed by atoms with Gasteiger partial charge in [-0.3, -0.25) is 4.79 Å². The van der Waals surface area contributed by atoms with Crippen LogP contribution in [-0.2, 0) is 6.54 Å². The number of phenolic OH excluding ortho intramolecular Hbond substituents is 1. The maximum absolute atomic E-state index is 13.0. The molecule has 0 bridgehead atoms. The third-order valence-electron chi connectivity index (χ3n) is 6.23. The summed E-state index contributed by atoms with van der Waals surface area (Å²) >= 11 is 0. The molecule has 7 heteroatoms. The first-order chi connectivity index (χ1) is 15.0. The molecule has 1 saturated heterocycles. The van der Waals surface area contributed by atoms with E-state index < -0.39 is 0 Å². The van der Waals surface area contributed by atoms with Gasteiger partial charge in [0.1, 0.15) is 38.5 Å². The van der Waals surface area contributed by atoms with Crippen LogP contribution in [0.15, 0.2) is 36.1 Å². The number of quaternary nitrogens is 2. The molecule has 0 aromatic heterocycles. The Hall–Kier alpha value is -3.03. The van der Waals surface area contributed by atoms with Gasteiger partial charge in [-0.25, -0.2) is 0 Å². The third kappa shape index (κ3) is 4.11. The Bertz CT molecular complexity index is 1010. The molecule has 3 N–H and O–H groups in total. The number of methoxy groups -OCH3 is 2. The van der Waals surface area contributed by atoms with E-state index in [0.29, 0.717) is 40.5 Å². The minimum Gasteiger partial charge on any atom is -0.507 e. The minimum atomic E-state index is -0.198. The van der Waals surface area contributed by atoms with Crippen molar-refractivity contribution in [3.8, 4) is 23.0 Å². The zero-order valence-corrected chi connectivity index (χ0v) is 18.3. The number of allylic oxidation sites excluding steroid dienone is 1. The fourth-order valence-electron chi connectivity index (χ4n) is 4.37. The van der Waals surface area contributed by atoms with Crippen LogP contribution in [-0.4, -0.2) is 57.8 Å². The number of carbonyl (C=O) groups is 1. The van der Waals surface area contributed by atoms with Gasteiger partial charge in [0.2, 0.25) is 5.78 Å². The topological polar surface area (TPSA) is 73.9 Å². The molecule has 164 valence electrons. The number of ketones is 1.